The molecule has 0 aliphatic rings. The second kappa shape index (κ2) is 11.8. The van der Waals surface area contributed by atoms with Crippen molar-refractivity contribution in [2.45, 2.75) is 31.6 Å². The molecular weight excluding hydrogens is 468 g/mol. The van der Waals surface area contributed by atoms with Crippen LogP contribution in [0.3, 0.4) is 0 Å². The first-order chi connectivity index (χ1) is 17.0. The molecule has 0 spiro atoms. The van der Waals surface area contributed by atoms with Gasteiger partial charge in [0.05, 0.1) is 0 Å². The molecule has 4 rings (SSSR count). The molecule has 0 unspecified atom stereocenters. The summed E-state index contributed by atoms with van der Waals surface area (Å²) in [5.41, 5.74) is 0. The molecule has 4 aromatic carbocycles. The summed E-state index contributed by atoms with van der Waals surface area (Å²) in [6, 6.07) is 41.3. The lowest BCUT2D eigenvalue weighted by Crippen LogP contribution is -2.48. The Morgan fingerprint density at radius 2 is 0.629 bits per heavy atom. The topological polar surface area (TPSA) is 36.9 Å². The molecule has 4 nitrogen and oxygen atoms in total. The normalized spacial score (nSPS) is 11.5. The molecule has 0 bridgehead atoms. The van der Waals surface area contributed by atoms with Crippen LogP contribution in [0.4, 0.5) is 0 Å². The maximum atomic E-state index is 6.51. The van der Waals surface area contributed by atoms with Crippen LogP contribution in [0.5, 0.6) is 23.0 Å². The van der Waals surface area contributed by atoms with Crippen molar-refractivity contribution in [1.82, 2.24) is 0 Å². The van der Waals surface area contributed by atoms with Crippen LogP contribution < -0.4 is 17.7 Å². The van der Waals surface area contributed by atoms with Crippen molar-refractivity contribution < 1.29 is 17.7 Å². The summed E-state index contributed by atoms with van der Waals surface area (Å²) in [6.45, 7) is 4.25. The number of hydrogen-bond donors (Lipinski definition) is 0. The number of benzene rings is 4. The van der Waals surface area contributed by atoms with Gasteiger partial charge in [0, 0.05) is 25.2 Å². The van der Waals surface area contributed by atoms with Gasteiger partial charge in [-0.2, -0.15) is 0 Å². The van der Waals surface area contributed by atoms with Crippen molar-refractivity contribution in [2.24, 2.45) is 0 Å². The van der Waals surface area contributed by atoms with E-state index in [9.17, 15) is 0 Å². The second-order valence-corrected chi connectivity index (χ2v) is 15.1. The molecule has 35 heavy (non-hydrogen) atoms. The molecular formula is C29H32O4Si2. The first-order valence-corrected chi connectivity index (χ1v) is 17.0. The lowest BCUT2D eigenvalue weighted by Gasteiger charge is -2.31. The molecule has 4 aromatic rings. The SMILES string of the molecule is C[Si](CCC[Si](C)(Oc1ccccc1)Oc1ccccc1)(Oc1ccccc1)Oc1ccccc1. The van der Waals surface area contributed by atoms with E-state index in [-0.39, 0.29) is 0 Å². The smallest absolute Gasteiger partial charge is 0.457 e. The van der Waals surface area contributed by atoms with Crippen molar-refractivity contribution in [3.05, 3.63) is 121 Å². The third-order valence-corrected chi connectivity index (χ3v) is 10.8. The summed E-state index contributed by atoms with van der Waals surface area (Å²) >= 11 is 0. The van der Waals surface area contributed by atoms with Gasteiger partial charge in [0.25, 0.3) is 0 Å². The standard InChI is InChI=1S/C29H32O4Si2/c1-34(30-26-16-7-3-8-17-26,31-27-18-9-4-10-19-27)24-15-25-35(2,32-28-20-11-5-12-21-28)33-29-22-13-6-14-23-29/h3-14,16-23H,15,24-25H2,1-2H3. The summed E-state index contributed by atoms with van der Waals surface area (Å²) in [5, 5.41) is 0. The van der Waals surface area contributed by atoms with Crippen molar-refractivity contribution in [3.8, 4) is 23.0 Å². The first-order valence-electron chi connectivity index (χ1n) is 12.0. The highest BCUT2D eigenvalue weighted by Gasteiger charge is 2.40. The molecule has 0 aliphatic carbocycles. The molecule has 0 amide bonds. The minimum atomic E-state index is -2.60. The molecule has 0 heterocycles. The van der Waals surface area contributed by atoms with E-state index in [0.717, 1.165) is 41.5 Å². The molecule has 0 saturated carbocycles. The summed E-state index contributed by atoms with van der Waals surface area (Å²) in [7, 11) is -5.21. The Hall–Kier alpha value is -3.49. The summed E-state index contributed by atoms with van der Waals surface area (Å²) in [4.78, 5) is 0. The van der Waals surface area contributed by atoms with Crippen LogP contribution in [0.15, 0.2) is 121 Å². The molecule has 0 fully saturated rings. The minimum Gasteiger partial charge on any atom is -0.512 e. The minimum absolute atomic E-state index is 0.801. The van der Waals surface area contributed by atoms with E-state index in [2.05, 4.69) is 13.1 Å². The highest BCUT2D eigenvalue weighted by Crippen LogP contribution is 2.29. The van der Waals surface area contributed by atoms with Gasteiger partial charge < -0.3 is 17.7 Å². The Kier molecular flexibility index (Phi) is 8.29. The zero-order chi connectivity index (χ0) is 24.4. The van der Waals surface area contributed by atoms with Crippen LogP contribution in [0.2, 0.25) is 25.2 Å². The zero-order valence-electron chi connectivity index (χ0n) is 20.3. The molecule has 0 aliphatic heterocycles. The predicted molar refractivity (Wildman–Crippen MR) is 146 cm³/mol. The van der Waals surface area contributed by atoms with Crippen LogP contribution in [0.1, 0.15) is 6.42 Å². The lowest BCUT2D eigenvalue weighted by atomic mass is 10.3. The predicted octanol–water partition coefficient (Wildman–Crippen LogP) is 7.84. The van der Waals surface area contributed by atoms with Crippen LogP contribution in [-0.4, -0.2) is 17.1 Å². The average Bonchev–Trinajstić information content (AvgIpc) is 2.86. The van der Waals surface area contributed by atoms with Gasteiger partial charge in [-0.1, -0.05) is 72.8 Å². The van der Waals surface area contributed by atoms with Crippen LogP contribution >= 0.6 is 0 Å². The lowest BCUT2D eigenvalue weighted by molar-refractivity contribution is 0.376. The van der Waals surface area contributed by atoms with E-state index in [0.29, 0.717) is 0 Å². The Bertz CT molecular complexity index is 966. The number of hydrogen-bond acceptors (Lipinski definition) is 4. The van der Waals surface area contributed by atoms with Crippen molar-refractivity contribution in [2.75, 3.05) is 0 Å². The first kappa shape index (κ1) is 24.6. The van der Waals surface area contributed by atoms with Gasteiger partial charge in [-0.25, -0.2) is 0 Å². The van der Waals surface area contributed by atoms with Gasteiger partial charge in [-0.3, -0.25) is 0 Å². The number of rotatable bonds is 12. The third kappa shape index (κ3) is 7.77. The van der Waals surface area contributed by atoms with Gasteiger partial charge in [-0.15, -0.1) is 0 Å². The molecule has 6 heteroatoms. The van der Waals surface area contributed by atoms with Crippen molar-refractivity contribution in [1.29, 1.82) is 0 Å². The molecule has 0 radical (unpaired) electrons. The zero-order valence-corrected chi connectivity index (χ0v) is 22.3. The largest absolute Gasteiger partial charge is 0.512 e. The summed E-state index contributed by atoms with van der Waals surface area (Å²) < 4.78 is 26.0. The van der Waals surface area contributed by atoms with Gasteiger partial charge in [-0.05, 0) is 55.0 Å². The fourth-order valence-electron chi connectivity index (χ4n) is 3.93. The molecule has 0 N–H and O–H groups in total. The average molecular weight is 501 g/mol. The Morgan fingerprint density at radius 3 is 0.857 bits per heavy atom. The number of para-hydroxylation sites is 4. The molecule has 0 atom stereocenters. The monoisotopic (exact) mass is 500 g/mol. The maximum Gasteiger partial charge on any atom is 0.457 e. The van der Waals surface area contributed by atoms with Gasteiger partial charge in [0.2, 0.25) is 0 Å². The molecule has 0 saturated heterocycles. The Balaban J connectivity index is 1.49. The summed E-state index contributed by atoms with van der Waals surface area (Å²) in [5.74, 6) is 3.33. The van der Waals surface area contributed by atoms with E-state index < -0.39 is 17.1 Å². The molecule has 180 valence electrons. The Morgan fingerprint density at radius 1 is 0.400 bits per heavy atom. The maximum absolute atomic E-state index is 6.51. The van der Waals surface area contributed by atoms with E-state index >= 15 is 0 Å². The fraction of sp³-hybridized carbons (Fsp3) is 0.172. The van der Waals surface area contributed by atoms with Crippen LogP contribution in [0, 0.1) is 0 Å². The van der Waals surface area contributed by atoms with Gasteiger partial charge >= 0.3 is 17.1 Å². The third-order valence-electron chi connectivity index (χ3n) is 5.57. The van der Waals surface area contributed by atoms with E-state index in [1.807, 2.05) is 121 Å². The van der Waals surface area contributed by atoms with E-state index in [1.165, 1.54) is 0 Å². The highest BCUT2D eigenvalue weighted by atomic mass is 28.4. The quantitative estimate of drug-likeness (QED) is 0.186. The Labute approximate surface area is 210 Å². The highest BCUT2D eigenvalue weighted by molar-refractivity contribution is 6.69. The van der Waals surface area contributed by atoms with Crippen molar-refractivity contribution >= 4 is 17.1 Å². The second-order valence-electron chi connectivity index (χ2n) is 8.78. The van der Waals surface area contributed by atoms with Crippen LogP contribution in [-0.2, 0) is 0 Å². The summed E-state index contributed by atoms with van der Waals surface area (Å²) in [6.07, 6.45) is 0.866. The van der Waals surface area contributed by atoms with Gasteiger partial charge in [0.15, 0.2) is 0 Å². The van der Waals surface area contributed by atoms with E-state index in [4.69, 9.17) is 17.7 Å². The van der Waals surface area contributed by atoms with Crippen LogP contribution in [0.25, 0.3) is 0 Å². The fourth-order valence-corrected chi connectivity index (χ4v) is 8.95. The molecule has 0 aromatic heterocycles. The van der Waals surface area contributed by atoms with E-state index in [1.54, 1.807) is 0 Å². The van der Waals surface area contributed by atoms with Crippen molar-refractivity contribution in [3.63, 3.8) is 0 Å². The van der Waals surface area contributed by atoms with Gasteiger partial charge in [0.1, 0.15) is 23.0 Å².